The van der Waals surface area contributed by atoms with E-state index in [2.05, 4.69) is 0 Å². The lowest BCUT2D eigenvalue weighted by molar-refractivity contribution is -0.113. The summed E-state index contributed by atoms with van der Waals surface area (Å²) in [5.74, 6) is 1.13. The minimum absolute atomic E-state index is 0.122. The molecule has 1 fully saturated rings. The number of ether oxygens (including phenoxy) is 2. The van der Waals surface area contributed by atoms with Crippen LogP contribution in [0, 0.1) is 0 Å². The van der Waals surface area contributed by atoms with Crippen LogP contribution in [0.3, 0.4) is 0 Å². The third-order valence-corrected chi connectivity index (χ3v) is 6.17. The van der Waals surface area contributed by atoms with E-state index in [0.717, 1.165) is 16.8 Å². The maximum atomic E-state index is 12.9. The van der Waals surface area contributed by atoms with E-state index in [9.17, 15) is 4.79 Å². The molecule has 0 aliphatic carbocycles. The van der Waals surface area contributed by atoms with E-state index in [0.29, 0.717) is 20.7 Å². The lowest BCUT2D eigenvalue weighted by Gasteiger charge is -2.17. The fourth-order valence-electron chi connectivity index (χ4n) is 3.27. The largest absolute Gasteiger partial charge is 0.493 e. The predicted octanol–water partition coefficient (Wildman–Crippen LogP) is 6.24. The van der Waals surface area contributed by atoms with Crippen LogP contribution in [0.1, 0.15) is 24.2 Å². The van der Waals surface area contributed by atoms with Crippen LogP contribution in [-0.2, 0) is 4.79 Å². The molecular weight excluding hydrogens is 426 g/mol. The summed E-state index contributed by atoms with van der Waals surface area (Å²) < 4.78 is 12.2. The molecule has 0 bridgehead atoms. The van der Waals surface area contributed by atoms with E-state index >= 15 is 0 Å². The number of carbonyl (C=O) groups is 1. The number of nitrogens with zero attached hydrogens (tertiary/aromatic N) is 1. The lowest BCUT2D eigenvalue weighted by atomic mass is 10.1. The number of methoxy groups -OCH3 is 1. The SMILES string of the molecule is COc1cc(C=C2SC(=S)N(c3ccccc3)C2=O)ccc1OC(C)c1ccccc1. The Morgan fingerprint density at radius 3 is 2.32 bits per heavy atom. The topological polar surface area (TPSA) is 38.8 Å². The van der Waals surface area contributed by atoms with Gasteiger partial charge in [-0.1, -0.05) is 78.6 Å². The van der Waals surface area contributed by atoms with Crippen molar-refractivity contribution in [1.82, 2.24) is 0 Å². The lowest BCUT2D eigenvalue weighted by Crippen LogP contribution is -2.27. The maximum absolute atomic E-state index is 12.9. The molecular formula is C25H21NO3S2. The fraction of sp³-hybridized carbons (Fsp3) is 0.120. The highest BCUT2D eigenvalue weighted by Crippen LogP contribution is 2.37. The minimum Gasteiger partial charge on any atom is -0.493 e. The van der Waals surface area contributed by atoms with Crippen LogP contribution in [0.15, 0.2) is 83.8 Å². The van der Waals surface area contributed by atoms with Crippen LogP contribution in [0.2, 0.25) is 0 Å². The molecule has 1 saturated heterocycles. The smallest absolute Gasteiger partial charge is 0.270 e. The molecule has 6 heteroatoms. The fourth-order valence-corrected chi connectivity index (χ4v) is 4.57. The summed E-state index contributed by atoms with van der Waals surface area (Å²) in [4.78, 5) is 15.1. The van der Waals surface area contributed by atoms with Gasteiger partial charge in [-0.2, -0.15) is 0 Å². The van der Waals surface area contributed by atoms with Crippen molar-refractivity contribution in [2.45, 2.75) is 13.0 Å². The molecule has 0 radical (unpaired) electrons. The highest BCUT2D eigenvalue weighted by molar-refractivity contribution is 8.27. The number of amides is 1. The van der Waals surface area contributed by atoms with Crippen LogP contribution in [0.5, 0.6) is 11.5 Å². The number of carbonyl (C=O) groups excluding carboxylic acids is 1. The van der Waals surface area contributed by atoms with Gasteiger partial charge in [0.2, 0.25) is 0 Å². The van der Waals surface area contributed by atoms with Crippen molar-refractivity contribution < 1.29 is 14.3 Å². The molecule has 156 valence electrons. The third kappa shape index (κ3) is 4.65. The van der Waals surface area contributed by atoms with Crippen molar-refractivity contribution >= 4 is 46.0 Å². The molecule has 0 saturated carbocycles. The molecule has 1 unspecified atom stereocenters. The van der Waals surface area contributed by atoms with Gasteiger partial charge < -0.3 is 9.47 Å². The van der Waals surface area contributed by atoms with Crippen molar-refractivity contribution in [2.24, 2.45) is 0 Å². The number of thioether (sulfide) groups is 1. The second kappa shape index (κ2) is 9.37. The highest BCUT2D eigenvalue weighted by Gasteiger charge is 2.33. The van der Waals surface area contributed by atoms with Crippen molar-refractivity contribution in [2.75, 3.05) is 12.0 Å². The molecule has 3 aromatic carbocycles. The first-order valence-electron chi connectivity index (χ1n) is 9.79. The molecule has 0 N–H and O–H groups in total. The van der Waals surface area contributed by atoms with Gasteiger partial charge in [0.15, 0.2) is 15.8 Å². The monoisotopic (exact) mass is 447 g/mol. The minimum atomic E-state index is -0.127. The number of benzene rings is 3. The van der Waals surface area contributed by atoms with Crippen LogP contribution < -0.4 is 14.4 Å². The standard InChI is InChI=1S/C25H21NO3S2/c1-17(19-9-5-3-6-10-19)29-21-14-13-18(15-22(21)28-2)16-23-24(27)26(25(30)31-23)20-11-7-4-8-12-20/h3-17H,1-2H3. The second-order valence-electron chi connectivity index (χ2n) is 6.93. The van der Waals surface area contributed by atoms with Gasteiger partial charge in [-0.05, 0) is 48.4 Å². The Bertz CT molecular complexity index is 1130. The Kier molecular flexibility index (Phi) is 6.39. The van der Waals surface area contributed by atoms with Gasteiger partial charge in [-0.25, -0.2) is 0 Å². The zero-order valence-corrected chi connectivity index (χ0v) is 18.8. The molecule has 1 amide bonds. The van der Waals surface area contributed by atoms with Gasteiger partial charge in [-0.3, -0.25) is 9.69 Å². The number of rotatable bonds is 6. The quantitative estimate of drug-likeness (QED) is 0.330. The van der Waals surface area contributed by atoms with Crippen LogP contribution in [0.4, 0.5) is 5.69 Å². The van der Waals surface area contributed by atoms with Gasteiger partial charge in [-0.15, -0.1) is 0 Å². The molecule has 0 spiro atoms. The Morgan fingerprint density at radius 1 is 0.968 bits per heavy atom. The average molecular weight is 448 g/mol. The molecule has 3 aromatic rings. The van der Waals surface area contributed by atoms with Crippen LogP contribution in [-0.4, -0.2) is 17.3 Å². The first kappa shape index (κ1) is 21.2. The molecule has 1 aliphatic heterocycles. The molecule has 4 nitrogen and oxygen atoms in total. The van der Waals surface area contributed by atoms with Crippen molar-refractivity contribution in [3.8, 4) is 11.5 Å². The summed E-state index contributed by atoms with van der Waals surface area (Å²) >= 11 is 6.73. The van der Waals surface area contributed by atoms with Crippen LogP contribution >= 0.6 is 24.0 Å². The molecule has 31 heavy (non-hydrogen) atoms. The first-order valence-corrected chi connectivity index (χ1v) is 11.0. The van der Waals surface area contributed by atoms with E-state index in [1.807, 2.05) is 91.9 Å². The summed E-state index contributed by atoms with van der Waals surface area (Å²) in [5, 5.41) is 0. The third-order valence-electron chi connectivity index (χ3n) is 4.87. The summed E-state index contributed by atoms with van der Waals surface area (Å²) in [6.45, 7) is 2.00. The van der Waals surface area contributed by atoms with Crippen molar-refractivity contribution in [3.63, 3.8) is 0 Å². The van der Waals surface area contributed by atoms with Gasteiger partial charge >= 0.3 is 0 Å². The average Bonchev–Trinajstić information content (AvgIpc) is 3.08. The molecule has 4 rings (SSSR count). The van der Waals surface area contributed by atoms with E-state index in [1.165, 1.54) is 11.8 Å². The Labute approximate surface area is 191 Å². The summed E-state index contributed by atoms with van der Waals surface area (Å²) in [7, 11) is 1.61. The Morgan fingerprint density at radius 2 is 1.65 bits per heavy atom. The predicted molar refractivity (Wildman–Crippen MR) is 131 cm³/mol. The first-order chi connectivity index (χ1) is 15.1. The number of hydrogen-bond acceptors (Lipinski definition) is 5. The zero-order chi connectivity index (χ0) is 21.8. The van der Waals surface area contributed by atoms with Gasteiger partial charge in [0, 0.05) is 0 Å². The Balaban J connectivity index is 1.56. The van der Waals surface area contributed by atoms with Crippen molar-refractivity contribution in [1.29, 1.82) is 0 Å². The van der Waals surface area contributed by atoms with Crippen LogP contribution in [0.25, 0.3) is 6.08 Å². The van der Waals surface area contributed by atoms with E-state index in [-0.39, 0.29) is 12.0 Å². The normalized spacial score (nSPS) is 15.9. The Hall–Kier alpha value is -3.09. The maximum Gasteiger partial charge on any atom is 0.270 e. The molecule has 1 heterocycles. The van der Waals surface area contributed by atoms with E-state index in [1.54, 1.807) is 12.0 Å². The van der Waals surface area contributed by atoms with Gasteiger partial charge in [0.1, 0.15) is 6.10 Å². The summed E-state index contributed by atoms with van der Waals surface area (Å²) in [5.41, 5.74) is 2.69. The number of hydrogen-bond donors (Lipinski definition) is 0. The summed E-state index contributed by atoms with van der Waals surface area (Å²) in [6, 6.07) is 25.1. The highest BCUT2D eigenvalue weighted by atomic mass is 32.2. The van der Waals surface area contributed by atoms with E-state index in [4.69, 9.17) is 21.7 Å². The number of thiocarbonyl (C=S) groups is 1. The zero-order valence-electron chi connectivity index (χ0n) is 17.1. The number of para-hydroxylation sites is 1. The van der Waals surface area contributed by atoms with E-state index < -0.39 is 0 Å². The van der Waals surface area contributed by atoms with Gasteiger partial charge in [0.05, 0.1) is 17.7 Å². The summed E-state index contributed by atoms with van der Waals surface area (Å²) in [6.07, 6.45) is 1.71. The van der Waals surface area contributed by atoms with Crippen molar-refractivity contribution in [3.05, 3.63) is 94.9 Å². The second-order valence-corrected chi connectivity index (χ2v) is 8.61. The molecule has 1 atom stereocenters. The molecule has 0 aromatic heterocycles. The number of anilines is 1. The van der Waals surface area contributed by atoms with Gasteiger partial charge in [0.25, 0.3) is 5.91 Å². The molecule has 1 aliphatic rings.